The first-order valence-corrected chi connectivity index (χ1v) is 12.2. The van der Waals surface area contributed by atoms with Crippen LogP contribution in [0.25, 0.3) is 0 Å². The van der Waals surface area contributed by atoms with Gasteiger partial charge in [0.1, 0.15) is 17.1 Å². The zero-order chi connectivity index (χ0) is 28.2. The van der Waals surface area contributed by atoms with E-state index in [0.29, 0.717) is 13.1 Å². The van der Waals surface area contributed by atoms with E-state index >= 15 is 0 Å². The molecule has 0 unspecified atom stereocenters. The molecule has 0 heterocycles. The zero-order valence-electron chi connectivity index (χ0n) is 21.1. The monoisotopic (exact) mass is 527 g/mol. The molecule has 0 saturated heterocycles. The van der Waals surface area contributed by atoms with E-state index in [9.17, 15) is 24.6 Å². The second-order valence-corrected chi connectivity index (χ2v) is 8.33. The van der Waals surface area contributed by atoms with E-state index in [0.717, 1.165) is 6.07 Å². The lowest BCUT2D eigenvalue weighted by atomic mass is 9.90. The number of rotatable bonds is 10. The molecule has 4 rings (SSSR count). The van der Waals surface area contributed by atoms with Gasteiger partial charge in [0.15, 0.2) is 11.6 Å². The summed E-state index contributed by atoms with van der Waals surface area (Å²) in [4.78, 5) is 39.4. The first-order chi connectivity index (χ1) is 18.9. The Morgan fingerprint density at radius 1 is 0.538 bits per heavy atom. The van der Waals surface area contributed by atoms with Crippen LogP contribution in [0.5, 0.6) is 11.5 Å². The van der Waals surface area contributed by atoms with Gasteiger partial charge in [-0.15, -0.1) is 0 Å². The van der Waals surface area contributed by atoms with Crippen LogP contribution < -0.4 is 5.32 Å². The van der Waals surface area contributed by atoms with Crippen molar-refractivity contribution in [1.82, 2.24) is 5.32 Å². The van der Waals surface area contributed by atoms with Crippen LogP contribution in [0.4, 0.5) is 0 Å². The van der Waals surface area contributed by atoms with Crippen LogP contribution in [0.3, 0.4) is 0 Å². The summed E-state index contributed by atoms with van der Waals surface area (Å²) in [6.45, 7) is 1.42. The predicted molar refractivity (Wildman–Crippen MR) is 146 cm³/mol. The average Bonchev–Trinajstić information content (AvgIpc) is 2.98. The molecule has 4 aromatic rings. The minimum Gasteiger partial charge on any atom is -0.506 e. The fourth-order valence-corrected chi connectivity index (χ4v) is 3.73. The van der Waals surface area contributed by atoms with Gasteiger partial charge in [0.2, 0.25) is 5.78 Å². The average molecular weight is 528 g/mol. The molecule has 8 heteroatoms. The fraction of sp³-hybridized carbons (Fsp3) is 0.129. The number of carbonyl (C=O) groups excluding carboxylic acids is 3. The molecule has 0 aliphatic rings. The number of hydrogen-bond donors (Lipinski definition) is 5. The summed E-state index contributed by atoms with van der Waals surface area (Å²) >= 11 is 0. The highest BCUT2D eigenvalue weighted by molar-refractivity contribution is 6.21. The van der Waals surface area contributed by atoms with E-state index in [1.165, 1.54) is 12.1 Å². The number of phenolic OH excluding ortho intramolecular Hbond substituents is 2. The van der Waals surface area contributed by atoms with Gasteiger partial charge < -0.3 is 25.7 Å². The Balaban J connectivity index is 0.000000532. The highest BCUT2D eigenvalue weighted by Gasteiger charge is 2.29. The van der Waals surface area contributed by atoms with Crippen molar-refractivity contribution < 1.29 is 34.8 Å². The SMILES string of the molecule is O=C(c1ccccc1)c1cc(C(=O)c2ccccc2)c(O)c(C(=O)c2ccccc2)c1O.OCCNCCO. The standard InChI is InChI=1S/C27H18O5.C4H11NO2/c28-23(17-10-4-1-5-11-17)20-16-21(24(29)18-12-6-2-7-13-18)27(32)22(26(20)31)25(30)19-14-8-3-9-15-19;6-3-1-5-2-4-7/h1-16,31-32H;5-7H,1-4H2. The second kappa shape index (κ2) is 14.3. The van der Waals surface area contributed by atoms with Crippen LogP contribution in [0.1, 0.15) is 47.8 Å². The summed E-state index contributed by atoms with van der Waals surface area (Å²) in [5.41, 5.74) is -0.243. The number of aromatic hydroxyl groups is 2. The number of carbonyl (C=O) groups is 3. The van der Waals surface area contributed by atoms with Crippen molar-refractivity contribution >= 4 is 17.3 Å². The minimum atomic E-state index is -0.703. The molecule has 0 bridgehead atoms. The molecule has 0 aliphatic carbocycles. The maximum Gasteiger partial charge on any atom is 0.200 e. The Hall–Kier alpha value is -4.63. The van der Waals surface area contributed by atoms with E-state index < -0.39 is 34.4 Å². The van der Waals surface area contributed by atoms with Crippen LogP contribution in [-0.2, 0) is 0 Å². The summed E-state index contributed by atoms with van der Waals surface area (Å²) in [6, 6.07) is 25.5. The summed E-state index contributed by atoms with van der Waals surface area (Å²) in [7, 11) is 0. The van der Waals surface area contributed by atoms with Crippen molar-refractivity contribution in [2.45, 2.75) is 0 Å². The van der Waals surface area contributed by atoms with Gasteiger partial charge in [0.05, 0.1) is 24.3 Å². The van der Waals surface area contributed by atoms with E-state index in [4.69, 9.17) is 10.2 Å². The van der Waals surface area contributed by atoms with Gasteiger partial charge in [-0.2, -0.15) is 0 Å². The maximum absolute atomic E-state index is 13.2. The summed E-state index contributed by atoms with van der Waals surface area (Å²) in [6.07, 6.45) is 0. The van der Waals surface area contributed by atoms with Gasteiger partial charge in [0, 0.05) is 29.8 Å². The summed E-state index contributed by atoms with van der Waals surface area (Å²) in [5.74, 6) is -3.20. The van der Waals surface area contributed by atoms with Crippen LogP contribution in [-0.4, -0.2) is 64.1 Å². The van der Waals surface area contributed by atoms with Gasteiger partial charge >= 0.3 is 0 Å². The Bertz CT molecular complexity index is 1330. The third-order valence-electron chi connectivity index (χ3n) is 5.67. The number of benzene rings is 4. The van der Waals surface area contributed by atoms with Crippen molar-refractivity contribution in [3.8, 4) is 11.5 Å². The van der Waals surface area contributed by atoms with Gasteiger partial charge in [-0.25, -0.2) is 0 Å². The van der Waals surface area contributed by atoms with Crippen LogP contribution in [0, 0.1) is 0 Å². The van der Waals surface area contributed by atoms with Gasteiger partial charge in [-0.05, 0) is 6.07 Å². The first-order valence-electron chi connectivity index (χ1n) is 12.2. The number of phenols is 2. The second-order valence-electron chi connectivity index (χ2n) is 8.33. The van der Waals surface area contributed by atoms with Crippen LogP contribution in [0.2, 0.25) is 0 Å². The quantitative estimate of drug-likeness (QED) is 0.156. The van der Waals surface area contributed by atoms with Crippen molar-refractivity contribution in [1.29, 1.82) is 0 Å². The summed E-state index contributed by atoms with van der Waals surface area (Å²) in [5, 5.41) is 40.9. The molecular formula is C31H29NO7. The number of ketones is 3. The number of aliphatic hydroxyl groups is 2. The molecule has 0 aromatic heterocycles. The number of hydrogen-bond acceptors (Lipinski definition) is 8. The largest absolute Gasteiger partial charge is 0.506 e. The maximum atomic E-state index is 13.2. The molecule has 0 radical (unpaired) electrons. The number of aliphatic hydroxyl groups excluding tert-OH is 2. The lowest BCUT2D eigenvalue weighted by Crippen LogP contribution is -2.21. The summed E-state index contributed by atoms with van der Waals surface area (Å²) < 4.78 is 0. The van der Waals surface area contributed by atoms with Crippen LogP contribution >= 0.6 is 0 Å². The van der Waals surface area contributed by atoms with E-state index in [1.807, 2.05) is 0 Å². The van der Waals surface area contributed by atoms with Gasteiger partial charge in [-0.1, -0.05) is 91.0 Å². The first kappa shape index (κ1) is 28.9. The Kier molecular flexibility index (Phi) is 10.6. The predicted octanol–water partition coefficient (Wildman–Crippen LogP) is 3.35. The highest BCUT2D eigenvalue weighted by atomic mass is 16.3. The third kappa shape index (κ3) is 7.24. The topological polar surface area (TPSA) is 144 Å². The molecular weight excluding hydrogens is 498 g/mol. The van der Waals surface area contributed by atoms with Crippen molar-refractivity contribution in [3.05, 3.63) is 130 Å². The van der Waals surface area contributed by atoms with Crippen molar-refractivity contribution in [2.75, 3.05) is 26.3 Å². The zero-order valence-corrected chi connectivity index (χ0v) is 21.1. The molecule has 0 spiro atoms. The fourth-order valence-electron chi connectivity index (χ4n) is 3.73. The molecule has 0 fully saturated rings. The van der Waals surface area contributed by atoms with Crippen molar-refractivity contribution in [2.24, 2.45) is 0 Å². The molecule has 0 atom stereocenters. The Morgan fingerprint density at radius 3 is 1.21 bits per heavy atom. The van der Waals surface area contributed by atoms with E-state index in [-0.39, 0.29) is 41.0 Å². The molecule has 5 N–H and O–H groups in total. The lowest BCUT2D eigenvalue weighted by molar-refractivity contribution is 0.103. The van der Waals surface area contributed by atoms with E-state index in [2.05, 4.69) is 5.32 Å². The normalized spacial score (nSPS) is 10.3. The molecule has 0 aliphatic heterocycles. The molecule has 39 heavy (non-hydrogen) atoms. The lowest BCUT2D eigenvalue weighted by Gasteiger charge is -2.15. The molecule has 0 saturated carbocycles. The molecule has 4 aromatic carbocycles. The van der Waals surface area contributed by atoms with Crippen LogP contribution in [0.15, 0.2) is 97.1 Å². The molecule has 0 amide bonds. The smallest absolute Gasteiger partial charge is 0.200 e. The molecule has 200 valence electrons. The Morgan fingerprint density at radius 2 is 0.872 bits per heavy atom. The third-order valence-corrected chi connectivity index (χ3v) is 5.67. The minimum absolute atomic E-state index is 0.139. The molecule has 8 nitrogen and oxygen atoms in total. The highest BCUT2D eigenvalue weighted by Crippen LogP contribution is 2.38. The van der Waals surface area contributed by atoms with Gasteiger partial charge in [0.25, 0.3) is 0 Å². The van der Waals surface area contributed by atoms with Crippen molar-refractivity contribution in [3.63, 3.8) is 0 Å². The van der Waals surface area contributed by atoms with E-state index in [1.54, 1.807) is 78.9 Å². The number of nitrogens with one attached hydrogen (secondary N) is 1. The van der Waals surface area contributed by atoms with Gasteiger partial charge in [-0.3, -0.25) is 14.4 Å². The Labute approximate surface area is 225 Å².